The largest absolute Gasteiger partial charge is 0.371 e. The number of hydrogen-bond donors (Lipinski definition) is 0. The van der Waals surface area contributed by atoms with Gasteiger partial charge in [-0.15, -0.1) is 0 Å². The van der Waals surface area contributed by atoms with Gasteiger partial charge >= 0.3 is 0 Å². The summed E-state index contributed by atoms with van der Waals surface area (Å²) in [6.45, 7) is 2.14. The molecule has 0 amide bonds. The summed E-state index contributed by atoms with van der Waals surface area (Å²) in [7, 11) is 0. The summed E-state index contributed by atoms with van der Waals surface area (Å²) in [6, 6.07) is 0. The average molecular weight is 136 g/mol. The van der Waals surface area contributed by atoms with E-state index < -0.39 is 0 Å². The van der Waals surface area contributed by atoms with Gasteiger partial charge in [0.05, 0.1) is 12.2 Å². The number of rotatable bonds is 0. The number of fused-ring (bicyclic) bond motifs is 1. The molecule has 0 radical (unpaired) electrons. The first-order valence-corrected chi connectivity index (χ1v) is 3.87. The first-order chi connectivity index (χ1) is 4.86. The van der Waals surface area contributed by atoms with Crippen molar-refractivity contribution in [3.05, 3.63) is 24.3 Å². The van der Waals surface area contributed by atoms with E-state index in [2.05, 4.69) is 31.2 Å². The molecule has 0 bridgehead atoms. The summed E-state index contributed by atoms with van der Waals surface area (Å²) in [5, 5.41) is 0. The minimum Gasteiger partial charge on any atom is -0.371 e. The van der Waals surface area contributed by atoms with Crippen LogP contribution >= 0.6 is 0 Å². The van der Waals surface area contributed by atoms with Crippen molar-refractivity contribution in [3.63, 3.8) is 0 Å². The molecule has 54 valence electrons. The third-order valence-electron chi connectivity index (χ3n) is 2.19. The highest BCUT2D eigenvalue weighted by atomic mass is 16.5. The van der Waals surface area contributed by atoms with Crippen LogP contribution in [0, 0.1) is 5.92 Å². The number of allylic oxidation sites excluding steroid dienone is 2. The highest BCUT2D eigenvalue weighted by molar-refractivity contribution is 5.17. The van der Waals surface area contributed by atoms with Crippen molar-refractivity contribution in [2.45, 2.75) is 25.6 Å². The molecule has 3 unspecified atom stereocenters. The van der Waals surface area contributed by atoms with Crippen LogP contribution < -0.4 is 0 Å². The van der Waals surface area contributed by atoms with Gasteiger partial charge in [0, 0.05) is 5.92 Å². The maximum absolute atomic E-state index is 5.63. The van der Waals surface area contributed by atoms with E-state index in [-0.39, 0.29) is 0 Å². The zero-order chi connectivity index (χ0) is 6.97. The van der Waals surface area contributed by atoms with Gasteiger partial charge in [-0.3, -0.25) is 0 Å². The van der Waals surface area contributed by atoms with Crippen LogP contribution in [0.3, 0.4) is 0 Å². The van der Waals surface area contributed by atoms with Crippen molar-refractivity contribution in [2.24, 2.45) is 5.92 Å². The van der Waals surface area contributed by atoms with E-state index in [1.54, 1.807) is 0 Å². The van der Waals surface area contributed by atoms with Gasteiger partial charge in [-0.25, -0.2) is 0 Å². The zero-order valence-corrected chi connectivity index (χ0v) is 6.16. The van der Waals surface area contributed by atoms with Gasteiger partial charge in [-0.2, -0.15) is 0 Å². The predicted molar refractivity (Wildman–Crippen MR) is 40.7 cm³/mol. The first kappa shape index (κ1) is 6.17. The molecule has 0 aromatic carbocycles. The normalized spacial score (nSPS) is 43.9. The molecule has 1 heterocycles. The second-order valence-corrected chi connectivity index (χ2v) is 3.08. The summed E-state index contributed by atoms with van der Waals surface area (Å²) in [5.74, 6) is 0.653. The molecule has 1 saturated heterocycles. The van der Waals surface area contributed by atoms with Crippen molar-refractivity contribution in [3.8, 4) is 0 Å². The molecule has 1 aliphatic carbocycles. The zero-order valence-electron chi connectivity index (χ0n) is 6.16. The van der Waals surface area contributed by atoms with Crippen LogP contribution in [-0.2, 0) is 4.74 Å². The Morgan fingerprint density at radius 3 is 2.90 bits per heavy atom. The average Bonchev–Trinajstić information content (AvgIpc) is 2.27. The maximum Gasteiger partial charge on any atom is 0.0826 e. The molecule has 0 aromatic heterocycles. The lowest BCUT2D eigenvalue weighted by atomic mass is 9.96. The standard InChI is InChI=1S/C9H12O/c1-7-6-8-4-2-3-5-9(8)10-7/h2-5,7-9H,6H2,1H3. The van der Waals surface area contributed by atoms with Gasteiger partial charge in [0.1, 0.15) is 0 Å². The Labute approximate surface area is 61.4 Å². The minimum absolute atomic E-state index is 0.375. The van der Waals surface area contributed by atoms with E-state index >= 15 is 0 Å². The van der Waals surface area contributed by atoms with Gasteiger partial charge in [0.15, 0.2) is 0 Å². The smallest absolute Gasteiger partial charge is 0.0826 e. The SMILES string of the molecule is CC1CC2C=CC=CC2O1. The van der Waals surface area contributed by atoms with Crippen molar-refractivity contribution >= 4 is 0 Å². The molecule has 0 saturated carbocycles. The molecule has 1 nitrogen and oxygen atoms in total. The Kier molecular flexibility index (Phi) is 1.38. The quantitative estimate of drug-likeness (QED) is 0.494. The van der Waals surface area contributed by atoms with E-state index in [9.17, 15) is 0 Å². The number of ether oxygens (including phenoxy) is 1. The monoisotopic (exact) mass is 136 g/mol. The fourth-order valence-electron chi connectivity index (χ4n) is 1.70. The summed E-state index contributed by atoms with van der Waals surface area (Å²) < 4.78 is 5.63. The molecule has 0 N–H and O–H groups in total. The second kappa shape index (κ2) is 2.24. The summed E-state index contributed by atoms with van der Waals surface area (Å²) in [6.07, 6.45) is 10.6. The lowest BCUT2D eigenvalue weighted by Crippen LogP contribution is -2.12. The molecule has 10 heavy (non-hydrogen) atoms. The lowest BCUT2D eigenvalue weighted by molar-refractivity contribution is 0.0773. The van der Waals surface area contributed by atoms with Crippen molar-refractivity contribution in [2.75, 3.05) is 0 Å². The van der Waals surface area contributed by atoms with Crippen LogP contribution in [0.2, 0.25) is 0 Å². The first-order valence-electron chi connectivity index (χ1n) is 3.87. The molecule has 2 rings (SSSR count). The van der Waals surface area contributed by atoms with E-state index in [1.807, 2.05) is 0 Å². The summed E-state index contributed by atoms with van der Waals surface area (Å²) in [5.41, 5.74) is 0. The third-order valence-corrected chi connectivity index (χ3v) is 2.19. The van der Waals surface area contributed by atoms with Crippen molar-refractivity contribution in [1.82, 2.24) is 0 Å². The van der Waals surface area contributed by atoms with E-state index in [4.69, 9.17) is 4.74 Å². The van der Waals surface area contributed by atoms with Gasteiger partial charge in [0.2, 0.25) is 0 Å². The van der Waals surface area contributed by atoms with Crippen LogP contribution in [0.15, 0.2) is 24.3 Å². The molecular weight excluding hydrogens is 124 g/mol. The Morgan fingerprint density at radius 2 is 2.10 bits per heavy atom. The molecular formula is C9H12O. The Bertz CT molecular complexity index is 161. The highest BCUT2D eigenvalue weighted by Gasteiger charge is 2.29. The third kappa shape index (κ3) is 0.907. The minimum atomic E-state index is 0.375. The van der Waals surface area contributed by atoms with Crippen LogP contribution in [0.5, 0.6) is 0 Å². The van der Waals surface area contributed by atoms with Gasteiger partial charge in [-0.05, 0) is 13.3 Å². The molecule has 1 aliphatic heterocycles. The van der Waals surface area contributed by atoms with Gasteiger partial charge in [-0.1, -0.05) is 24.3 Å². The fourth-order valence-corrected chi connectivity index (χ4v) is 1.70. The van der Waals surface area contributed by atoms with Gasteiger partial charge < -0.3 is 4.74 Å². The van der Waals surface area contributed by atoms with Crippen LogP contribution in [0.25, 0.3) is 0 Å². The Morgan fingerprint density at radius 1 is 1.30 bits per heavy atom. The van der Waals surface area contributed by atoms with Crippen LogP contribution in [0.1, 0.15) is 13.3 Å². The maximum atomic E-state index is 5.63. The summed E-state index contributed by atoms with van der Waals surface area (Å²) >= 11 is 0. The van der Waals surface area contributed by atoms with E-state index in [0.29, 0.717) is 18.1 Å². The van der Waals surface area contributed by atoms with Gasteiger partial charge in [0.25, 0.3) is 0 Å². The van der Waals surface area contributed by atoms with Crippen LogP contribution in [0.4, 0.5) is 0 Å². The topological polar surface area (TPSA) is 9.23 Å². The van der Waals surface area contributed by atoms with Crippen LogP contribution in [-0.4, -0.2) is 12.2 Å². The molecule has 1 heteroatoms. The predicted octanol–water partition coefficient (Wildman–Crippen LogP) is 1.91. The van der Waals surface area contributed by atoms with E-state index in [1.165, 1.54) is 6.42 Å². The fraction of sp³-hybridized carbons (Fsp3) is 0.556. The highest BCUT2D eigenvalue weighted by Crippen LogP contribution is 2.29. The molecule has 0 aromatic rings. The second-order valence-electron chi connectivity index (χ2n) is 3.08. The Hall–Kier alpha value is -0.560. The molecule has 0 spiro atoms. The lowest BCUT2D eigenvalue weighted by Gasteiger charge is -2.12. The van der Waals surface area contributed by atoms with E-state index in [0.717, 1.165) is 0 Å². The number of hydrogen-bond acceptors (Lipinski definition) is 1. The molecule has 3 atom stereocenters. The molecule has 2 aliphatic rings. The van der Waals surface area contributed by atoms with Crippen molar-refractivity contribution < 1.29 is 4.74 Å². The van der Waals surface area contributed by atoms with Crippen molar-refractivity contribution in [1.29, 1.82) is 0 Å². The summed E-state index contributed by atoms with van der Waals surface area (Å²) in [4.78, 5) is 0. The molecule has 1 fully saturated rings. The Balaban J connectivity index is 2.14.